The van der Waals surface area contributed by atoms with Crippen molar-refractivity contribution in [2.75, 3.05) is 0 Å². The van der Waals surface area contributed by atoms with Crippen LogP contribution in [-0.4, -0.2) is 9.55 Å². The fraction of sp³-hybridized carbons (Fsp3) is 0.0625. The highest BCUT2D eigenvalue weighted by Gasteiger charge is 2.36. The van der Waals surface area contributed by atoms with Crippen LogP contribution in [0, 0.1) is 0 Å². The molecule has 0 N–H and O–H groups in total. The molecule has 2 nitrogen and oxygen atoms in total. The lowest BCUT2D eigenvalue weighted by molar-refractivity contribution is 0.661. The van der Waals surface area contributed by atoms with E-state index < -0.39 is 0 Å². The smallest absolute Gasteiger partial charge is 0.0541 e. The molecule has 0 bridgehead atoms. The summed E-state index contributed by atoms with van der Waals surface area (Å²) in [5, 5.41) is 5.05. The average Bonchev–Trinajstić information content (AvgIpc) is 3.63. The molecule has 0 atom stereocenters. The van der Waals surface area contributed by atoms with Gasteiger partial charge in [0.05, 0.1) is 11.0 Å². The van der Waals surface area contributed by atoms with Crippen molar-refractivity contribution in [1.82, 2.24) is 9.55 Å². The Bertz CT molecular complexity index is 2710. The molecular weight excluding hydrogens is 605 g/mol. The number of hydrogen-bond donors (Lipinski definition) is 0. The van der Waals surface area contributed by atoms with Crippen molar-refractivity contribution >= 4 is 32.6 Å². The van der Waals surface area contributed by atoms with Crippen LogP contribution in [0.2, 0.25) is 0 Å². The number of pyridine rings is 1. The zero-order valence-electron chi connectivity index (χ0n) is 28.1. The minimum absolute atomic E-state index is 0.111. The highest BCUT2D eigenvalue weighted by Crippen LogP contribution is 2.50. The Hall–Kier alpha value is -6.25. The first-order chi connectivity index (χ1) is 24.5. The van der Waals surface area contributed by atoms with Crippen LogP contribution < -0.4 is 0 Å². The first-order valence-electron chi connectivity index (χ1n) is 17.4. The lowest BCUT2D eigenvalue weighted by Crippen LogP contribution is -2.15. The van der Waals surface area contributed by atoms with Gasteiger partial charge in [0.1, 0.15) is 0 Å². The molecule has 2 heteroatoms. The van der Waals surface area contributed by atoms with Gasteiger partial charge >= 0.3 is 0 Å². The monoisotopic (exact) mass is 638 g/mol. The van der Waals surface area contributed by atoms with Gasteiger partial charge < -0.3 is 4.57 Å². The highest BCUT2D eigenvalue weighted by molar-refractivity contribution is 6.09. The van der Waals surface area contributed by atoms with Gasteiger partial charge in [0.2, 0.25) is 0 Å². The predicted octanol–water partition coefficient (Wildman–Crippen LogP) is 12.6. The number of rotatable bonds is 4. The van der Waals surface area contributed by atoms with Crippen molar-refractivity contribution < 1.29 is 0 Å². The van der Waals surface area contributed by atoms with Gasteiger partial charge in [0.25, 0.3) is 0 Å². The van der Waals surface area contributed by atoms with Crippen LogP contribution >= 0.6 is 0 Å². The van der Waals surface area contributed by atoms with E-state index in [-0.39, 0.29) is 5.41 Å². The molecule has 0 spiro atoms. The number of benzene rings is 7. The maximum absolute atomic E-state index is 4.28. The molecule has 7 aromatic carbocycles. The second-order valence-corrected chi connectivity index (χ2v) is 14.1. The van der Waals surface area contributed by atoms with Crippen LogP contribution in [-0.2, 0) is 5.41 Å². The maximum atomic E-state index is 4.28. The third kappa shape index (κ3) is 4.38. The van der Waals surface area contributed by atoms with E-state index in [1.165, 1.54) is 88.3 Å². The van der Waals surface area contributed by atoms with E-state index in [1.807, 2.05) is 18.5 Å². The van der Waals surface area contributed by atoms with E-state index in [4.69, 9.17) is 0 Å². The van der Waals surface area contributed by atoms with Gasteiger partial charge in [-0.25, -0.2) is 0 Å². The average molecular weight is 639 g/mol. The first kappa shape index (κ1) is 28.7. The molecule has 10 rings (SSSR count). The van der Waals surface area contributed by atoms with Crippen molar-refractivity contribution in [2.24, 2.45) is 0 Å². The maximum Gasteiger partial charge on any atom is 0.0541 e. The molecule has 2 aromatic heterocycles. The molecule has 236 valence electrons. The number of para-hydroxylation sites is 2. The third-order valence-electron chi connectivity index (χ3n) is 10.9. The van der Waals surface area contributed by atoms with Crippen LogP contribution in [0.15, 0.2) is 170 Å². The van der Waals surface area contributed by atoms with E-state index >= 15 is 0 Å². The minimum atomic E-state index is -0.111. The second kappa shape index (κ2) is 10.9. The van der Waals surface area contributed by atoms with Gasteiger partial charge in [0.15, 0.2) is 0 Å². The van der Waals surface area contributed by atoms with Crippen LogP contribution in [0.3, 0.4) is 0 Å². The van der Waals surface area contributed by atoms with E-state index in [0.29, 0.717) is 0 Å². The van der Waals surface area contributed by atoms with Gasteiger partial charge in [-0.1, -0.05) is 123 Å². The number of hydrogen-bond acceptors (Lipinski definition) is 1. The Balaban J connectivity index is 0.983. The lowest BCUT2D eigenvalue weighted by atomic mass is 9.80. The molecule has 2 heterocycles. The van der Waals surface area contributed by atoms with Crippen LogP contribution in [0.1, 0.15) is 25.0 Å². The molecular formula is C48H34N2. The van der Waals surface area contributed by atoms with E-state index in [9.17, 15) is 0 Å². The molecule has 0 radical (unpaired) electrons. The predicted molar refractivity (Wildman–Crippen MR) is 210 cm³/mol. The Labute approximate surface area is 291 Å². The fourth-order valence-corrected chi connectivity index (χ4v) is 8.24. The SMILES string of the molecule is CC1(C)c2cc(-c3ccc(-c4cccnc4)cc3)ccc2-c2ccc(-c3ccc4cc(-n5c6ccccc6c6ccccc65)ccc4c3)cc21. The summed E-state index contributed by atoms with van der Waals surface area (Å²) in [5.74, 6) is 0. The van der Waals surface area contributed by atoms with Crippen molar-refractivity contribution in [3.8, 4) is 50.2 Å². The Morgan fingerprint density at radius 3 is 1.60 bits per heavy atom. The molecule has 0 saturated heterocycles. The Morgan fingerprint density at radius 2 is 0.960 bits per heavy atom. The minimum Gasteiger partial charge on any atom is -0.309 e. The van der Waals surface area contributed by atoms with Gasteiger partial charge in [-0.3, -0.25) is 4.98 Å². The Kier molecular flexibility index (Phi) is 6.25. The molecule has 0 aliphatic heterocycles. The summed E-state index contributed by atoms with van der Waals surface area (Å²) in [5.41, 5.74) is 16.3. The zero-order chi connectivity index (χ0) is 33.4. The molecule has 0 fully saturated rings. The number of aromatic nitrogens is 2. The molecule has 0 unspecified atom stereocenters. The highest BCUT2D eigenvalue weighted by atomic mass is 15.0. The third-order valence-corrected chi connectivity index (χ3v) is 10.9. The van der Waals surface area contributed by atoms with Crippen molar-refractivity contribution in [1.29, 1.82) is 0 Å². The van der Waals surface area contributed by atoms with Crippen molar-refractivity contribution in [3.63, 3.8) is 0 Å². The normalized spacial score (nSPS) is 13.2. The van der Waals surface area contributed by atoms with Crippen LogP contribution in [0.5, 0.6) is 0 Å². The summed E-state index contributed by atoms with van der Waals surface area (Å²) in [6.45, 7) is 4.74. The molecule has 0 saturated carbocycles. The molecule has 9 aromatic rings. The number of nitrogens with zero attached hydrogens (tertiary/aromatic N) is 2. The van der Waals surface area contributed by atoms with Crippen molar-refractivity contribution in [2.45, 2.75) is 19.3 Å². The quantitative estimate of drug-likeness (QED) is 0.188. The van der Waals surface area contributed by atoms with E-state index in [0.717, 1.165) is 5.56 Å². The summed E-state index contributed by atoms with van der Waals surface area (Å²) in [7, 11) is 0. The van der Waals surface area contributed by atoms with Crippen LogP contribution in [0.25, 0.3) is 82.8 Å². The first-order valence-corrected chi connectivity index (χ1v) is 17.4. The summed E-state index contributed by atoms with van der Waals surface area (Å²) in [6.07, 6.45) is 3.73. The van der Waals surface area contributed by atoms with E-state index in [1.54, 1.807) is 0 Å². The standard InChI is InChI=1S/C48H34N2/c1-48(2)44-28-36(31-13-15-32(16-14-31)38-8-7-25-49-30-38)20-23-40(44)41-24-21-37(29-45(41)48)33-17-18-35-27-39(22-19-34(35)26-33)50-46-11-5-3-9-42(46)43-10-4-6-12-47(43)50/h3-30H,1-2H3. The van der Waals surface area contributed by atoms with Crippen LogP contribution in [0.4, 0.5) is 0 Å². The summed E-state index contributed by atoms with van der Waals surface area (Å²) < 4.78 is 2.39. The fourth-order valence-electron chi connectivity index (χ4n) is 8.24. The van der Waals surface area contributed by atoms with Gasteiger partial charge in [-0.05, 0) is 115 Å². The lowest BCUT2D eigenvalue weighted by Gasteiger charge is -2.22. The molecule has 1 aliphatic carbocycles. The largest absolute Gasteiger partial charge is 0.309 e. The number of fused-ring (bicyclic) bond motifs is 7. The zero-order valence-corrected chi connectivity index (χ0v) is 28.1. The van der Waals surface area contributed by atoms with Gasteiger partial charge in [-0.2, -0.15) is 0 Å². The summed E-state index contributed by atoms with van der Waals surface area (Å²) in [6, 6.07) is 58.1. The summed E-state index contributed by atoms with van der Waals surface area (Å²) in [4.78, 5) is 4.28. The molecule has 50 heavy (non-hydrogen) atoms. The topological polar surface area (TPSA) is 17.8 Å². The van der Waals surface area contributed by atoms with E-state index in [2.05, 4.69) is 175 Å². The van der Waals surface area contributed by atoms with Crippen molar-refractivity contribution in [3.05, 3.63) is 181 Å². The molecule has 0 amide bonds. The van der Waals surface area contributed by atoms with Gasteiger partial charge in [0, 0.05) is 34.3 Å². The van der Waals surface area contributed by atoms with Gasteiger partial charge in [-0.15, -0.1) is 0 Å². The summed E-state index contributed by atoms with van der Waals surface area (Å²) >= 11 is 0. The molecule has 1 aliphatic rings. The second-order valence-electron chi connectivity index (χ2n) is 14.1. The Morgan fingerprint density at radius 1 is 0.440 bits per heavy atom.